The van der Waals surface area contributed by atoms with Gasteiger partial charge in [0.15, 0.2) is 0 Å². The van der Waals surface area contributed by atoms with Gasteiger partial charge in [0.1, 0.15) is 0 Å². The van der Waals surface area contributed by atoms with E-state index in [1.54, 1.807) is 0 Å². The summed E-state index contributed by atoms with van der Waals surface area (Å²) in [6.07, 6.45) is 1.07. The summed E-state index contributed by atoms with van der Waals surface area (Å²) < 4.78 is 28.5. The van der Waals surface area contributed by atoms with E-state index in [1.807, 2.05) is 37.3 Å². The quantitative estimate of drug-likeness (QED) is 0.802. The molecule has 0 aliphatic heterocycles. The van der Waals surface area contributed by atoms with E-state index in [2.05, 4.69) is 13.8 Å². The lowest BCUT2D eigenvalue weighted by Crippen LogP contribution is -2.26. The highest BCUT2D eigenvalue weighted by molar-refractivity contribution is 7.89. The predicted octanol–water partition coefficient (Wildman–Crippen LogP) is 2.51. The van der Waals surface area contributed by atoms with Gasteiger partial charge in [-0.1, -0.05) is 44.2 Å². The van der Waals surface area contributed by atoms with Crippen LogP contribution in [0.4, 0.5) is 0 Å². The van der Waals surface area contributed by atoms with Crippen molar-refractivity contribution in [3.05, 3.63) is 35.9 Å². The Morgan fingerprint density at radius 1 is 1.15 bits per heavy atom. The first-order chi connectivity index (χ1) is 9.28. The van der Waals surface area contributed by atoms with Crippen molar-refractivity contribution in [3.63, 3.8) is 0 Å². The lowest BCUT2D eigenvalue weighted by atomic mass is 10.0. The normalized spacial score (nSPS) is 15.2. The SMILES string of the molecule is CC(C)CC(C)OCC(CS(N)(=O)=O)c1ccccc1. The van der Waals surface area contributed by atoms with E-state index in [0.717, 1.165) is 12.0 Å². The second-order valence-electron chi connectivity index (χ2n) is 5.71. The lowest BCUT2D eigenvalue weighted by molar-refractivity contribution is 0.0450. The molecule has 0 fully saturated rings. The van der Waals surface area contributed by atoms with Crippen LogP contribution in [0.2, 0.25) is 0 Å². The van der Waals surface area contributed by atoms with Crippen LogP contribution >= 0.6 is 0 Å². The summed E-state index contributed by atoms with van der Waals surface area (Å²) in [6.45, 7) is 6.66. The third-order valence-electron chi connectivity index (χ3n) is 3.09. The van der Waals surface area contributed by atoms with Gasteiger partial charge in [0.25, 0.3) is 0 Å². The number of rotatable bonds is 8. The molecule has 2 atom stereocenters. The fourth-order valence-electron chi connectivity index (χ4n) is 2.26. The molecule has 2 unspecified atom stereocenters. The first kappa shape index (κ1) is 17.1. The fourth-order valence-corrected chi connectivity index (χ4v) is 3.11. The molecule has 20 heavy (non-hydrogen) atoms. The number of primary sulfonamides is 1. The highest BCUT2D eigenvalue weighted by Crippen LogP contribution is 2.19. The zero-order valence-electron chi connectivity index (χ0n) is 12.5. The minimum Gasteiger partial charge on any atom is -0.378 e. The van der Waals surface area contributed by atoms with Gasteiger partial charge in [-0.2, -0.15) is 0 Å². The average molecular weight is 299 g/mol. The molecule has 1 aromatic carbocycles. The first-order valence-corrected chi connectivity index (χ1v) is 8.66. The molecule has 0 bridgehead atoms. The van der Waals surface area contributed by atoms with Crippen molar-refractivity contribution in [3.8, 4) is 0 Å². The summed E-state index contributed by atoms with van der Waals surface area (Å²) in [7, 11) is -3.52. The van der Waals surface area contributed by atoms with Crippen molar-refractivity contribution in [1.82, 2.24) is 0 Å². The van der Waals surface area contributed by atoms with Crippen molar-refractivity contribution >= 4 is 10.0 Å². The van der Waals surface area contributed by atoms with Crippen molar-refractivity contribution in [2.45, 2.75) is 39.2 Å². The van der Waals surface area contributed by atoms with Crippen LogP contribution in [0.1, 0.15) is 38.7 Å². The minimum absolute atomic E-state index is 0.0919. The molecule has 2 N–H and O–H groups in total. The Morgan fingerprint density at radius 3 is 2.25 bits per heavy atom. The first-order valence-electron chi connectivity index (χ1n) is 6.95. The Kier molecular flexibility index (Phi) is 6.65. The molecule has 0 saturated carbocycles. The molecule has 0 radical (unpaired) electrons. The van der Waals surface area contributed by atoms with E-state index in [4.69, 9.17) is 9.88 Å². The third-order valence-corrected chi connectivity index (χ3v) is 3.96. The van der Waals surface area contributed by atoms with Gasteiger partial charge in [0.2, 0.25) is 10.0 Å². The molecule has 0 aliphatic carbocycles. The molecule has 0 saturated heterocycles. The second kappa shape index (κ2) is 7.76. The summed E-state index contributed by atoms with van der Waals surface area (Å²) in [5, 5.41) is 5.18. The Labute approximate surface area is 122 Å². The van der Waals surface area contributed by atoms with Gasteiger partial charge >= 0.3 is 0 Å². The molecule has 114 valence electrons. The summed E-state index contributed by atoms with van der Waals surface area (Å²) >= 11 is 0. The number of nitrogens with two attached hydrogens (primary N) is 1. The molecule has 4 nitrogen and oxygen atoms in total. The van der Waals surface area contributed by atoms with Gasteiger partial charge in [0.05, 0.1) is 18.5 Å². The summed E-state index contributed by atoms with van der Waals surface area (Å²) in [5.41, 5.74) is 0.943. The largest absolute Gasteiger partial charge is 0.378 e. The van der Waals surface area contributed by atoms with Crippen LogP contribution in [0, 0.1) is 5.92 Å². The van der Waals surface area contributed by atoms with E-state index in [0.29, 0.717) is 12.5 Å². The molecule has 0 aromatic heterocycles. The number of benzene rings is 1. The van der Waals surface area contributed by atoms with Crippen LogP contribution in [0.5, 0.6) is 0 Å². The molecule has 0 amide bonds. The van der Waals surface area contributed by atoms with Crippen molar-refractivity contribution in [2.24, 2.45) is 11.1 Å². The maximum atomic E-state index is 11.4. The van der Waals surface area contributed by atoms with Gasteiger partial charge in [-0.3, -0.25) is 0 Å². The van der Waals surface area contributed by atoms with Crippen molar-refractivity contribution < 1.29 is 13.2 Å². The van der Waals surface area contributed by atoms with Crippen molar-refractivity contribution in [2.75, 3.05) is 12.4 Å². The maximum absolute atomic E-state index is 11.4. The molecule has 5 heteroatoms. The van der Waals surface area contributed by atoms with Gasteiger partial charge < -0.3 is 4.74 Å². The third kappa shape index (κ3) is 7.03. The summed E-state index contributed by atoms with van der Waals surface area (Å²) in [4.78, 5) is 0. The molecule has 0 spiro atoms. The maximum Gasteiger partial charge on any atom is 0.209 e. The number of hydrogen-bond acceptors (Lipinski definition) is 3. The number of ether oxygens (including phenoxy) is 1. The Balaban J connectivity index is 2.69. The molecule has 0 aliphatic rings. The van der Waals surface area contributed by atoms with Crippen LogP contribution in [-0.4, -0.2) is 26.9 Å². The molecular weight excluding hydrogens is 274 g/mol. The van der Waals surface area contributed by atoms with E-state index < -0.39 is 10.0 Å². The standard InChI is InChI=1S/C15H25NO3S/c1-12(2)9-13(3)19-10-15(11-20(16,17)18)14-7-5-4-6-8-14/h4-8,12-13,15H,9-11H2,1-3H3,(H2,16,17,18). The number of hydrogen-bond donors (Lipinski definition) is 1. The lowest BCUT2D eigenvalue weighted by Gasteiger charge is -2.21. The zero-order valence-corrected chi connectivity index (χ0v) is 13.3. The van der Waals surface area contributed by atoms with Crippen LogP contribution in [0.15, 0.2) is 30.3 Å². The van der Waals surface area contributed by atoms with Gasteiger partial charge in [-0.15, -0.1) is 0 Å². The molecular formula is C15H25NO3S. The zero-order chi connectivity index (χ0) is 15.2. The van der Waals surface area contributed by atoms with Crippen molar-refractivity contribution in [1.29, 1.82) is 0 Å². The molecule has 0 heterocycles. The van der Waals surface area contributed by atoms with E-state index in [9.17, 15) is 8.42 Å². The van der Waals surface area contributed by atoms with E-state index in [1.165, 1.54) is 0 Å². The summed E-state index contributed by atoms with van der Waals surface area (Å²) in [5.74, 6) is 0.241. The van der Waals surface area contributed by atoms with Crippen LogP contribution < -0.4 is 5.14 Å². The van der Waals surface area contributed by atoms with Crippen LogP contribution in [0.3, 0.4) is 0 Å². The van der Waals surface area contributed by atoms with Crippen LogP contribution in [0.25, 0.3) is 0 Å². The Morgan fingerprint density at radius 2 is 1.75 bits per heavy atom. The molecule has 1 aromatic rings. The van der Waals surface area contributed by atoms with E-state index >= 15 is 0 Å². The molecule has 1 rings (SSSR count). The van der Waals surface area contributed by atoms with Gasteiger partial charge in [-0.05, 0) is 24.8 Å². The fraction of sp³-hybridized carbons (Fsp3) is 0.600. The highest BCUT2D eigenvalue weighted by atomic mass is 32.2. The topological polar surface area (TPSA) is 69.4 Å². The van der Waals surface area contributed by atoms with Crippen LogP contribution in [-0.2, 0) is 14.8 Å². The Hall–Kier alpha value is -0.910. The summed E-state index contributed by atoms with van der Waals surface area (Å²) in [6, 6.07) is 9.50. The highest BCUT2D eigenvalue weighted by Gasteiger charge is 2.19. The number of sulfonamides is 1. The Bertz CT molecular complexity index is 485. The van der Waals surface area contributed by atoms with Gasteiger partial charge in [-0.25, -0.2) is 13.6 Å². The monoisotopic (exact) mass is 299 g/mol. The predicted molar refractivity (Wildman–Crippen MR) is 82.0 cm³/mol. The van der Waals surface area contributed by atoms with E-state index in [-0.39, 0.29) is 17.8 Å². The average Bonchev–Trinajstić information content (AvgIpc) is 2.33. The van der Waals surface area contributed by atoms with Gasteiger partial charge in [0, 0.05) is 5.92 Å². The second-order valence-corrected chi connectivity index (χ2v) is 7.37. The minimum atomic E-state index is -3.52. The smallest absolute Gasteiger partial charge is 0.209 e.